The second-order valence-corrected chi connectivity index (χ2v) is 5.99. The minimum atomic E-state index is -0.140. The van der Waals surface area contributed by atoms with Gasteiger partial charge in [-0.1, -0.05) is 6.07 Å². The van der Waals surface area contributed by atoms with E-state index in [1.165, 1.54) is 44.3 Å². The SMILES string of the molecule is Cc1cc(F)ccc1CNC1CCN(C2CC2)CC1. The number of piperidine rings is 1. The predicted octanol–water partition coefficient (Wildman–Crippen LogP) is 2.85. The molecular weight excluding hydrogens is 239 g/mol. The summed E-state index contributed by atoms with van der Waals surface area (Å²) in [6, 6.07) is 6.60. The molecular formula is C16H23FN2. The Morgan fingerprint density at radius 2 is 1.95 bits per heavy atom. The van der Waals surface area contributed by atoms with E-state index in [-0.39, 0.29) is 5.82 Å². The summed E-state index contributed by atoms with van der Waals surface area (Å²) in [6.45, 7) is 5.32. The maximum atomic E-state index is 13.0. The average Bonchev–Trinajstić information content (AvgIpc) is 3.23. The van der Waals surface area contributed by atoms with Crippen molar-refractivity contribution >= 4 is 0 Å². The smallest absolute Gasteiger partial charge is 0.123 e. The lowest BCUT2D eigenvalue weighted by atomic mass is 10.0. The van der Waals surface area contributed by atoms with Crippen LogP contribution in [0.25, 0.3) is 0 Å². The van der Waals surface area contributed by atoms with Crippen LogP contribution in [0.15, 0.2) is 18.2 Å². The Morgan fingerprint density at radius 1 is 1.21 bits per heavy atom. The molecule has 1 heterocycles. The quantitative estimate of drug-likeness (QED) is 0.897. The highest BCUT2D eigenvalue weighted by Gasteiger charge is 2.31. The summed E-state index contributed by atoms with van der Waals surface area (Å²) in [4.78, 5) is 2.64. The molecule has 3 heteroatoms. The predicted molar refractivity (Wildman–Crippen MR) is 75.6 cm³/mol. The van der Waals surface area contributed by atoms with Gasteiger partial charge in [0.2, 0.25) is 0 Å². The number of hydrogen-bond donors (Lipinski definition) is 1. The molecule has 0 aromatic heterocycles. The Balaban J connectivity index is 1.47. The van der Waals surface area contributed by atoms with E-state index in [0.717, 1.165) is 18.2 Å². The number of likely N-dealkylation sites (tertiary alicyclic amines) is 1. The van der Waals surface area contributed by atoms with Gasteiger partial charge in [0.15, 0.2) is 0 Å². The minimum absolute atomic E-state index is 0.140. The monoisotopic (exact) mass is 262 g/mol. The van der Waals surface area contributed by atoms with Crippen molar-refractivity contribution < 1.29 is 4.39 Å². The number of halogens is 1. The molecule has 1 aromatic rings. The summed E-state index contributed by atoms with van der Waals surface area (Å²) in [7, 11) is 0. The first-order valence-electron chi connectivity index (χ1n) is 7.45. The Hall–Kier alpha value is -0.930. The second-order valence-electron chi connectivity index (χ2n) is 5.99. The average molecular weight is 262 g/mol. The van der Waals surface area contributed by atoms with Gasteiger partial charge in [-0.2, -0.15) is 0 Å². The summed E-state index contributed by atoms with van der Waals surface area (Å²) in [6.07, 6.45) is 5.31. The molecule has 1 aromatic carbocycles. The zero-order chi connectivity index (χ0) is 13.2. The van der Waals surface area contributed by atoms with Gasteiger partial charge in [-0.15, -0.1) is 0 Å². The fourth-order valence-corrected chi connectivity index (χ4v) is 3.02. The molecule has 0 unspecified atom stereocenters. The fraction of sp³-hybridized carbons (Fsp3) is 0.625. The molecule has 104 valence electrons. The van der Waals surface area contributed by atoms with Crippen LogP contribution in [0.2, 0.25) is 0 Å². The minimum Gasteiger partial charge on any atom is -0.310 e. The molecule has 0 bridgehead atoms. The van der Waals surface area contributed by atoms with Crippen molar-refractivity contribution in [3.8, 4) is 0 Å². The van der Waals surface area contributed by atoms with Crippen LogP contribution >= 0.6 is 0 Å². The fourth-order valence-electron chi connectivity index (χ4n) is 3.02. The Kier molecular flexibility index (Phi) is 3.85. The van der Waals surface area contributed by atoms with Crippen LogP contribution in [0.4, 0.5) is 4.39 Å². The molecule has 1 aliphatic heterocycles. The zero-order valence-electron chi connectivity index (χ0n) is 11.7. The van der Waals surface area contributed by atoms with Crippen LogP contribution in [0, 0.1) is 12.7 Å². The van der Waals surface area contributed by atoms with Crippen molar-refractivity contribution in [2.75, 3.05) is 13.1 Å². The number of benzene rings is 1. The number of aryl methyl sites for hydroxylation is 1. The molecule has 2 fully saturated rings. The first kappa shape index (κ1) is 13.1. The van der Waals surface area contributed by atoms with E-state index >= 15 is 0 Å². The Bertz CT molecular complexity index is 434. The lowest BCUT2D eigenvalue weighted by molar-refractivity contribution is 0.189. The molecule has 0 atom stereocenters. The van der Waals surface area contributed by atoms with Gasteiger partial charge in [-0.25, -0.2) is 4.39 Å². The Labute approximate surface area is 115 Å². The number of nitrogens with zero attached hydrogens (tertiary/aromatic N) is 1. The third-order valence-electron chi connectivity index (χ3n) is 4.48. The van der Waals surface area contributed by atoms with Crippen LogP contribution in [-0.4, -0.2) is 30.1 Å². The maximum Gasteiger partial charge on any atom is 0.123 e. The largest absolute Gasteiger partial charge is 0.310 e. The second kappa shape index (κ2) is 5.59. The lowest BCUT2D eigenvalue weighted by Gasteiger charge is -2.32. The molecule has 1 N–H and O–H groups in total. The Morgan fingerprint density at radius 3 is 2.58 bits per heavy atom. The summed E-state index contributed by atoms with van der Waals surface area (Å²) >= 11 is 0. The summed E-state index contributed by atoms with van der Waals surface area (Å²) in [5, 5.41) is 3.63. The maximum absolute atomic E-state index is 13.0. The van der Waals surface area contributed by atoms with E-state index in [1.807, 2.05) is 13.0 Å². The number of nitrogens with one attached hydrogen (secondary N) is 1. The molecule has 0 amide bonds. The number of hydrogen-bond acceptors (Lipinski definition) is 2. The summed E-state index contributed by atoms with van der Waals surface area (Å²) in [5.74, 6) is -0.140. The van der Waals surface area contributed by atoms with E-state index in [9.17, 15) is 4.39 Å². The van der Waals surface area contributed by atoms with Crippen molar-refractivity contribution in [3.05, 3.63) is 35.1 Å². The van der Waals surface area contributed by atoms with Gasteiger partial charge >= 0.3 is 0 Å². The molecule has 1 saturated carbocycles. The molecule has 0 radical (unpaired) electrons. The normalized spacial score (nSPS) is 21.8. The number of rotatable bonds is 4. The first-order valence-corrected chi connectivity index (χ1v) is 7.45. The van der Waals surface area contributed by atoms with Crippen molar-refractivity contribution in [1.82, 2.24) is 10.2 Å². The van der Waals surface area contributed by atoms with Gasteiger partial charge < -0.3 is 10.2 Å². The highest BCUT2D eigenvalue weighted by Crippen LogP contribution is 2.29. The highest BCUT2D eigenvalue weighted by atomic mass is 19.1. The third-order valence-corrected chi connectivity index (χ3v) is 4.48. The topological polar surface area (TPSA) is 15.3 Å². The van der Waals surface area contributed by atoms with Gasteiger partial charge in [-0.05, 0) is 69.0 Å². The first-order chi connectivity index (χ1) is 9.22. The molecule has 0 spiro atoms. The third kappa shape index (κ3) is 3.34. The van der Waals surface area contributed by atoms with Crippen LogP contribution in [-0.2, 0) is 6.54 Å². The molecule has 1 aliphatic carbocycles. The summed E-state index contributed by atoms with van der Waals surface area (Å²) in [5.41, 5.74) is 2.26. The molecule has 2 aliphatic rings. The van der Waals surface area contributed by atoms with Gasteiger partial charge in [-0.3, -0.25) is 0 Å². The van der Waals surface area contributed by atoms with E-state index in [4.69, 9.17) is 0 Å². The zero-order valence-corrected chi connectivity index (χ0v) is 11.7. The van der Waals surface area contributed by atoms with Gasteiger partial charge in [0.05, 0.1) is 0 Å². The van der Waals surface area contributed by atoms with Crippen LogP contribution < -0.4 is 5.32 Å². The molecule has 1 saturated heterocycles. The van der Waals surface area contributed by atoms with Gasteiger partial charge in [0, 0.05) is 18.6 Å². The van der Waals surface area contributed by atoms with Crippen molar-refractivity contribution in [1.29, 1.82) is 0 Å². The van der Waals surface area contributed by atoms with Crippen LogP contribution in [0.1, 0.15) is 36.8 Å². The van der Waals surface area contributed by atoms with E-state index in [1.54, 1.807) is 12.1 Å². The lowest BCUT2D eigenvalue weighted by Crippen LogP contribution is -2.43. The highest BCUT2D eigenvalue weighted by molar-refractivity contribution is 5.26. The molecule has 19 heavy (non-hydrogen) atoms. The summed E-state index contributed by atoms with van der Waals surface area (Å²) < 4.78 is 13.0. The molecule has 3 rings (SSSR count). The van der Waals surface area contributed by atoms with E-state index < -0.39 is 0 Å². The van der Waals surface area contributed by atoms with Crippen LogP contribution in [0.3, 0.4) is 0 Å². The van der Waals surface area contributed by atoms with Crippen molar-refractivity contribution in [2.24, 2.45) is 0 Å². The van der Waals surface area contributed by atoms with Gasteiger partial charge in [0.1, 0.15) is 5.82 Å². The van der Waals surface area contributed by atoms with E-state index in [0.29, 0.717) is 6.04 Å². The van der Waals surface area contributed by atoms with Crippen LogP contribution in [0.5, 0.6) is 0 Å². The standard InChI is InChI=1S/C16H23FN2/c1-12-10-14(17)3-2-13(12)11-18-15-6-8-19(9-7-15)16-4-5-16/h2-3,10,15-16,18H,4-9,11H2,1H3. The van der Waals surface area contributed by atoms with E-state index in [2.05, 4.69) is 10.2 Å². The van der Waals surface area contributed by atoms with Crippen molar-refractivity contribution in [2.45, 2.75) is 51.2 Å². The molecule has 2 nitrogen and oxygen atoms in total. The van der Waals surface area contributed by atoms with Crippen molar-refractivity contribution in [3.63, 3.8) is 0 Å². The van der Waals surface area contributed by atoms with Gasteiger partial charge in [0.25, 0.3) is 0 Å².